The summed E-state index contributed by atoms with van der Waals surface area (Å²) in [6, 6.07) is 20.2. The van der Waals surface area contributed by atoms with Crippen molar-refractivity contribution in [1.29, 1.82) is 5.26 Å². The van der Waals surface area contributed by atoms with Crippen molar-refractivity contribution in [2.75, 3.05) is 0 Å². The van der Waals surface area contributed by atoms with Crippen LogP contribution in [-0.4, -0.2) is 11.9 Å². The topological polar surface area (TPSA) is 64.9 Å². The summed E-state index contributed by atoms with van der Waals surface area (Å²) in [6.45, 7) is 0. The molecule has 0 aliphatic heterocycles. The maximum Gasteiger partial charge on any atom is 0.265 e. The van der Waals surface area contributed by atoms with Crippen LogP contribution in [0.5, 0.6) is 0 Å². The molecule has 0 aliphatic carbocycles. The fraction of sp³-hybridized carbons (Fsp3) is 0.125. The monoisotopic (exact) mass is 265 g/mol. The van der Waals surface area contributed by atoms with Gasteiger partial charge in [0.25, 0.3) is 5.91 Å². The van der Waals surface area contributed by atoms with E-state index in [0.29, 0.717) is 12.0 Å². The smallest absolute Gasteiger partial charge is 0.265 e. The van der Waals surface area contributed by atoms with E-state index in [1.165, 1.54) is 0 Å². The zero-order valence-corrected chi connectivity index (χ0v) is 10.9. The van der Waals surface area contributed by atoms with Crippen molar-refractivity contribution in [3.05, 3.63) is 71.8 Å². The number of hydrazine groups is 1. The van der Waals surface area contributed by atoms with Gasteiger partial charge in [0.05, 0.1) is 6.07 Å². The summed E-state index contributed by atoms with van der Waals surface area (Å²) < 4.78 is 0. The summed E-state index contributed by atoms with van der Waals surface area (Å²) in [5.41, 5.74) is 6.91. The lowest BCUT2D eigenvalue weighted by Gasteiger charge is -2.12. The maximum atomic E-state index is 11.8. The SMILES string of the molecule is N#CC(Cc1ccccc1)NNC(=O)c1ccccc1. The Morgan fingerprint density at radius 3 is 2.25 bits per heavy atom. The molecule has 2 rings (SSSR count). The second kappa shape index (κ2) is 7.07. The summed E-state index contributed by atoms with van der Waals surface area (Å²) in [5.74, 6) is -0.251. The summed E-state index contributed by atoms with van der Waals surface area (Å²) in [7, 11) is 0. The van der Waals surface area contributed by atoms with Crippen LogP contribution in [0, 0.1) is 11.3 Å². The standard InChI is InChI=1S/C16H15N3O/c17-12-15(11-13-7-3-1-4-8-13)18-19-16(20)14-9-5-2-6-10-14/h1-10,15,18H,11H2,(H,19,20). The molecular weight excluding hydrogens is 250 g/mol. The van der Waals surface area contributed by atoms with Crippen LogP contribution in [0.25, 0.3) is 0 Å². The number of benzene rings is 2. The molecule has 0 saturated carbocycles. The van der Waals surface area contributed by atoms with Crippen molar-refractivity contribution in [1.82, 2.24) is 10.9 Å². The van der Waals surface area contributed by atoms with Crippen molar-refractivity contribution in [2.45, 2.75) is 12.5 Å². The molecule has 2 N–H and O–H groups in total. The molecule has 0 aromatic heterocycles. The van der Waals surface area contributed by atoms with Crippen LogP contribution < -0.4 is 10.9 Å². The fourth-order valence-electron chi connectivity index (χ4n) is 1.79. The van der Waals surface area contributed by atoms with E-state index in [1.54, 1.807) is 24.3 Å². The normalized spacial score (nSPS) is 11.3. The summed E-state index contributed by atoms with van der Waals surface area (Å²) in [5, 5.41) is 9.11. The molecule has 4 heteroatoms. The van der Waals surface area contributed by atoms with Crippen LogP contribution in [0.4, 0.5) is 0 Å². The van der Waals surface area contributed by atoms with E-state index < -0.39 is 6.04 Å². The van der Waals surface area contributed by atoms with Crippen molar-refractivity contribution in [3.63, 3.8) is 0 Å². The molecule has 2 aromatic carbocycles. The van der Waals surface area contributed by atoms with Crippen molar-refractivity contribution in [2.24, 2.45) is 0 Å². The molecule has 1 atom stereocenters. The Hall–Kier alpha value is -2.64. The summed E-state index contributed by atoms with van der Waals surface area (Å²) in [4.78, 5) is 11.8. The van der Waals surface area contributed by atoms with Crippen molar-refractivity contribution < 1.29 is 4.79 Å². The van der Waals surface area contributed by atoms with E-state index in [9.17, 15) is 4.79 Å². The van der Waals surface area contributed by atoms with Crippen LogP contribution in [0.3, 0.4) is 0 Å². The molecular formula is C16H15N3O. The lowest BCUT2D eigenvalue weighted by molar-refractivity contribution is 0.0929. The van der Waals surface area contributed by atoms with Gasteiger partial charge in [-0.15, -0.1) is 0 Å². The largest absolute Gasteiger partial charge is 0.286 e. The highest BCUT2D eigenvalue weighted by Gasteiger charge is 2.10. The Morgan fingerprint density at radius 1 is 1.05 bits per heavy atom. The second-order valence-electron chi connectivity index (χ2n) is 4.34. The third-order valence-corrected chi connectivity index (χ3v) is 2.83. The lowest BCUT2D eigenvalue weighted by atomic mass is 10.1. The van der Waals surface area contributed by atoms with Gasteiger partial charge >= 0.3 is 0 Å². The first kappa shape index (κ1) is 13.8. The van der Waals surface area contributed by atoms with E-state index in [1.807, 2.05) is 36.4 Å². The molecule has 0 saturated heterocycles. The maximum absolute atomic E-state index is 11.8. The first-order valence-electron chi connectivity index (χ1n) is 6.34. The third-order valence-electron chi connectivity index (χ3n) is 2.83. The summed E-state index contributed by atoms with van der Waals surface area (Å²) >= 11 is 0. The van der Waals surface area contributed by atoms with Gasteiger partial charge in [-0.2, -0.15) is 5.26 Å². The minimum absolute atomic E-state index is 0.251. The molecule has 1 amide bonds. The molecule has 0 fully saturated rings. The molecule has 0 bridgehead atoms. The molecule has 0 aliphatic rings. The zero-order chi connectivity index (χ0) is 14.2. The highest BCUT2D eigenvalue weighted by molar-refractivity contribution is 5.93. The number of hydrogen-bond donors (Lipinski definition) is 2. The van der Waals surface area contributed by atoms with E-state index in [-0.39, 0.29) is 5.91 Å². The number of nitriles is 1. The van der Waals surface area contributed by atoms with Crippen LogP contribution in [0.1, 0.15) is 15.9 Å². The molecule has 0 spiro atoms. The molecule has 4 nitrogen and oxygen atoms in total. The lowest BCUT2D eigenvalue weighted by Crippen LogP contribution is -2.44. The summed E-state index contributed by atoms with van der Waals surface area (Å²) in [6.07, 6.45) is 0.534. The van der Waals surface area contributed by atoms with Crippen molar-refractivity contribution >= 4 is 5.91 Å². The number of carbonyl (C=O) groups is 1. The van der Waals surface area contributed by atoms with Gasteiger partial charge in [0.15, 0.2) is 0 Å². The van der Waals surface area contributed by atoms with E-state index >= 15 is 0 Å². The van der Waals surface area contributed by atoms with E-state index in [0.717, 1.165) is 5.56 Å². The minimum Gasteiger partial charge on any atom is -0.286 e. The Labute approximate surface area is 118 Å². The highest BCUT2D eigenvalue weighted by atomic mass is 16.2. The van der Waals surface area contributed by atoms with Gasteiger partial charge in [-0.25, -0.2) is 5.43 Å². The molecule has 2 aromatic rings. The Kier molecular flexibility index (Phi) is 4.87. The first-order valence-corrected chi connectivity index (χ1v) is 6.34. The van der Waals surface area contributed by atoms with Crippen LogP contribution in [0.15, 0.2) is 60.7 Å². The quantitative estimate of drug-likeness (QED) is 0.813. The van der Waals surface area contributed by atoms with Gasteiger partial charge in [-0.05, 0) is 17.7 Å². The highest BCUT2D eigenvalue weighted by Crippen LogP contribution is 2.02. The number of hydrogen-bond acceptors (Lipinski definition) is 3. The average Bonchev–Trinajstić information content (AvgIpc) is 2.53. The van der Waals surface area contributed by atoms with Gasteiger partial charge in [-0.3, -0.25) is 10.2 Å². The Morgan fingerprint density at radius 2 is 1.65 bits per heavy atom. The number of nitrogens with one attached hydrogen (secondary N) is 2. The Balaban J connectivity index is 1.89. The van der Waals surface area contributed by atoms with Gasteiger partial charge in [0.2, 0.25) is 0 Å². The van der Waals surface area contributed by atoms with E-state index in [4.69, 9.17) is 5.26 Å². The number of rotatable bonds is 5. The predicted octanol–water partition coefficient (Wildman–Crippen LogP) is 2.06. The molecule has 100 valence electrons. The van der Waals surface area contributed by atoms with Gasteiger partial charge in [0.1, 0.15) is 6.04 Å². The third kappa shape index (κ3) is 3.94. The molecule has 20 heavy (non-hydrogen) atoms. The second-order valence-corrected chi connectivity index (χ2v) is 4.34. The number of carbonyl (C=O) groups excluding carboxylic acids is 1. The van der Waals surface area contributed by atoms with Crippen LogP contribution in [-0.2, 0) is 6.42 Å². The minimum atomic E-state index is -0.468. The molecule has 1 unspecified atom stereocenters. The van der Waals surface area contributed by atoms with Crippen molar-refractivity contribution in [3.8, 4) is 6.07 Å². The predicted molar refractivity (Wildman–Crippen MR) is 76.6 cm³/mol. The van der Waals surface area contributed by atoms with Gasteiger partial charge < -0.3 is 0 Å². The van der Waals surface area contributed by atoms with Gasteiger partial charge in [-0.1, -0.05) is 48.5 Å². The number of amides is 1. The van der Waals surface area contributed by atoms with Crippen LogP contribution in [0.2, 0.25) is 0 Å². The first-order chi connectivity index (χ1) is 9.79. The zero-order valence-electron chi connectivity index (χ0n) is 10.9. The number of nitrogens with zero attached hydrogens (tertiary/aromatic N) is 1. The molecule has 0 heterocycles. The molecule has 0 radical (unpaired) electrons. The average molecular weight is 265 g/mol. The van der Waals surface area contributed by atoms with E-state index in [2.05, 4.69) is 16.9 Å². The Bertz CT molecular complexity index is 590. The van der Waals surface area contributed by atoms with Crippen LogP contribution >= 0.6 is 0 Å². The fourth-order valence-corrected chi connectivity index (χ4v) is 1.79. The van der Waals surface area contributed by atoms with Gasteiger partial charge in [0, 0.05) is 12.0 Å².